The average molecular weight is 281 g/mol. The van der Waals surface area contributed by atoms with Crippen molar-refractivity contribution in [3.63, 3.8) is 0 Å². The summed E-state index contributed by atoms with van der Waals surface area (Å²) in [7, 11) is 1.49. The number of nitrogens with zero attached hydrogens (tertiary/aromatic N) is 3. The van der Waals surface area contributed by atoms with Crippen molar-refractivity contribution >= 4 is 17.1 Å². The van der Waals surface area contributed by atoms with Crippen LogP contribution in [0.25, 0.3) is 11.2 Å². The molecule has 1 aliphatic heterocycles. The normalized spacial score (nSPS) is 26.4. The molecule has 0 radical (unpaired) electrons. The van der Waals surface area contributed by atoms with Gasteiger partial charge in [-0.05, 0) is 6.42 Å². The first-order valence-corrected chi connectivity index (χ1v) is 6.17. The van der Waals surface area contributed by atoms with Gasteiger partial charge in [0.15, 0.2) is 11.2 Å². The number of nitrogen functional groups attached to an aromatic ring is 1. The molecule has 2 aromatic rings. The molecule has 3 heterocycles. The number of nitrogens with one attached hydrogen (secondary N) is 1. The Kier molecular flexibility index (Phi) is 2.96. The second kappa shape index (κ2) is 4.54. The number of nitrogens with two attached hydrogens (primary N) is 1. The summed E-state index contributed by atoms with van der Waals surface area (Å²) in [5, 5.41) is 9.20. The highest BCUT2D eigenvalue weighted by atomic mass is 16.7. The summed E-state index contributed by atoms with van der Waals surface area (Å²) in [5.74, 6) is -1.14. The van der Waals surface area contributed by atoms with E-state index >= 15 is 0 Å². The van der Waals surface area contributed by atoms with Crippen LogP contribution in [0.1, 0.15) is 12.8 Å². The van der Waals surface area contributed by atoms with Gasteiger partial charge in [0.2, 0.25) is 5.95 Å². The van der Waals surface area contributed by atoms with Crippen LogP contribution in [0, 0.1) is 0 Å². The lowest BCUT2D eigenvalue weighted by Gasteiger charge is -2.28. The third kappa shape index (κ3) is 1.79. The second-order valence-corrected chi connectivity index (χ2v) is 4.62. The number of hydrogen-bond donors (Lipinski definition) is 3. The number of imidazole rings is 1. The Bertz CT molecular complexity index is 696. The van der Waals surface area contributed by atoms with E-state index in [0.717, 1.165) is 0 Å². The van der Waals surface area contributed by atoms with E-state index in [1.165, 1.54) is 18.0 Å². The van der Waals surface area contributed by atoms with E-state index in [1.807, 2.05) is 0 Å². The Morgan fingerprint density at radius 3 is 3.20 bits per heavy atom. The summed E-state index contributed by atoms with van der Waals surface area (Å²) >= 11 is 0. The number of aromatic nitrogens is 4. The maximum Gasteiger partial charge on any atom is 0.280 e. The molecule has 2 atom stereocenters. The van der Waals surface area contributed by atoms with Gasteiger partial charge in [-0.3, -0.25) is 14.3 Å². The van der Waals surface area contributed by atoms with Crippen LogP contribution >= 0.6 is 0 Å². The third-order valence-electron chi connectivity index (χ3n) is 3.45. The van der Waals surface area contributed by atoms with Crippen LogP contribution in [0.4, 0.5) is 5.95 Å². The van der Waals surface area contributed by atoms with Gasteiger partial charge in [-0.15, -0.1) is 0 Å². The van der Waals surface area contributed by atoms with Crippen LogP contribution in [-0.2, 0) is 15.4 Å². The van der Waals surface area contributed by atoms with Crippen molar-refractivity contribution in [3.05, 3.63) is 16.7 Å². The zero-order chi connectivity index (χ0) is 14.3. The molecule has 1 saturated heterocycles. The smallest absolute Gasteiger partial charge is 0.280 e. The molecule has 4 N–H and O–H groups in total. The first kappa shape index (κ1) is 13.0. The van der Waals surface area contributed by atoms with Crippen molar-refractivity contribution in [1.82, 2.24) is 19.5 Å². The van der Waals surface area contributed by atoms with Gasteiger partial charge in [-0.25, -0.2) is 4.98 Å². The summed E-state index contributed by atoms with van der Waals surface area (Å²) in [6.45, 7) is -0.103. The fraction of sp³-hybridized carbons (Fsp3) is 0.545. The first-order chi connectivity index (χ1) is 9.59. The van der Waals surface area contributed by atoms with Crippen molar-refractivity contribution in [3.8, 4) is 0 Å². The molecule has 2 aromatic heterocycles. The zero-order valence-corrected chi connectivity index (χ0v) is 10.9. The number of aromatic amines is 1. The van der Waals surface area contributed by atoms with Gasteiger partial charge >= 0.3 is 0 Å². The molecule has 0 aliphatic carbocycles. The van der Waals surface area contributed by atoms with E-state index in [-0.39, 0.29) is 29.8 Å². The SMILES string of the molecule is CO[C@]1(n2cnc3c(=O)[nH]c(N)nc32)CC[C@@H](CO)O1. The Morgan fingerprint density at radius 2 is 2.55 bits per heavy atom. The Hall–Kier alpha value is -1.97. The fourth-order valence-corrected chi connectivity index (χ4v) is 2.45. The molecule has 9 heteroatoms. The minimum atomic E-state index is -1.13. The molecule has 0 amide bonds. The molecule has 9 nitrogen and oxygen atoms in total. The Labute approximate surface area is 113 Å². The molecule has 0 spiro atoms. The lowest BCUT2D eigenvalue weighted by molar-refractivity contribution is -0.271. The molecule has 20 heavy (non-hydrogen) atoms. The van der Waals surface area contributed by atoms with E-state index < -0.39 is 11.5 Å². The van der Waals surface area contributed by atoms with Crippen LogP contribution in [0.3, 0.4) is 0 Å². The zero-order valence-electron chi connectivity index (χ0n) is 10.9. The molecule has 108 valence electrons. The predicted molar refractivity (Wildman–Crippen MR) is 68.7 cm³/mol. The molecule has 0 unspecified atom stereocenters. The highest BCUT2D eigenvalue weighted by Gasteiger charge is 2.43. The summed E-state index contributed by atoms with van der Waals surface area (Å²) in [4.78, 5) is 22.3. The minimum Gasteiger partial charge on any atom is -0.394 e. The molecule has 0 aromatic carbocycles. The van der Waals surface area contributed by atoms with Gasteiger partial charge in [0, 0.05) is 13.5 Å². The molecule has 0 saturated carbocycles. The monoisotopic (exact) mass is 281 g/mol. The average Bonchev–Trinajstić information content (AvgIpc) is 3.02. The van der Waals surface area contributed by atoms with Crippen LogP contribution < -0.4 is 11.3 Å². The quantitative estimate of drug-likeness (QED) is 0.667. The number of aliphatic hydroxyl groups is 1. The number of fused-ring (bicyclic) bond motifs is 1. The molecule has 1 fully saturated rings. The van der Waals surface area contributed by atoms with Crippen molar-refractivity contribution in [2.24, 2.45) is 0 Å². The molecular formula is C11H15N5O4. The highest BCUT2D eigenvalue weighted by Crippen LogP contribution is 2.36. The summed E-state index contributed by atoms with van der Waals surface area (Å²) < 4.78 is 12.7. The van der Waals surface area contributed by atoms with Gasteiger partial charge in [0.1, 0.15) is 6.33 Å². The maximum atomic E-state index is 11.8. The van der Waals surface area contributed by atoms with Crippen LogP contribution in [-0.4, -0.2) is 44.4 Å². The number of aliphatic hydroxyl groups excluding tert-OH is 1. The van der Waals surface area contributed by atoms with E-state index in [1.54, 1.807) is 0 Å². The van der Waals surface area contributed by atoms with Crippen LogP contribution in [0.15, 0.2) is 11.1 Å². The number of methoxy groups -OCH3 is 1. The summed E-state index contributed by atoms with van der Waals surface area (Å²) in [6, 6.07) is 0. The topological polar surface area (TPSA) is 128 Å². The van der Waals surface area contributed by atoms with Gasteiger partial charge < -0.3 is 20.3 Å². The lowest BCUT2D eigenvalue weighted by Crippen LogP contribution is -2.36. The fourth-order valence-electron chi connectivity index (χ4n) is 2.45. The molecule has 3 rings (SSSR count). The summed E-state index contributed by atoms with van der Waals surface area (Å²) in [5.41, 5.74) is 5.58. The van der Waals surface area contributed by atoms with Gasteiger partial charge in [0.05, 0.1) is 12.7 Å². The van der Waals surface area contributed by atoms with E-state index in [9.17, 15) is 9.90 Å². The molecule has 0 bridgehead atoms. The van der Waals surface area contributed by atoms with Gasteiger partial charge in [-0.1, -0.05) is 0 Å². The van der Waals surface area contributed by atoms with E-state index in [0.29, 0.717) is 12.8 Å². The van der Waals surface area contributed by atoms with Crippen molar-refractivity contribution < 1.29 is 14.6 Å². The number of H-pyrrole nitrogens is 1. The first-order valence-electron chi connectivity index (χ1n) is 6.17. The minimum absolute atomic E-state index is 0.00721. The maximum absolute atomic E-state index is 11.8. The van der Waals surface area contributed by atoms with E-state index in [4.69, 9.17) is 15.2 Å². The number of hydrogen-bond acceptors (Lipinski definition) is 7. The van der Waals surface area contributed by atoms with Crippen molar-refractivity contribution in [2.45, 2.75) is 24.9 Å². The van der Waals surface area contributed by atoms with Gasteiger partial charge in [-0.2, -0.15) is 4.98 Å². The molecular weight excluding hydrogens is 266 g/mol. The predicted octanol–water partition coefficient (Wildman–Crippen LogP) is -0.870. The second-order valence-electron chi connectivity index (χ2n) is 4.62. The van der Waals surface area contributed by atoms with Crippen molar-refractivity contribution in [1.29, 1.82) is 0 Å². The highest BCUT2D eigenvalue weighted by molar-refractivity contribution is 5.70. The van der Waals surface area contributed by atoms with Gasteiger partial charge in [0.25, 0.3) is 11.5 Å². The van der Waals surface area contributed by atoms with Crippen LogP contribution in [0.5, 0.6) is 0 Å². The van der Waals surface area contributed by atoms with Crippen LogP contribution in [0.2, 0.25) is 0 Å². The number of anilines is 1. The lowest BCUT2D eigenvalue weighted by atomic mass is 10.2. The summed E-state index contributed by atoms with van der Waals surface area (Å²) in [6.07, 6.45) is 2.24. The Balaban J connectivity index is 2.16. The molecule has 1 aliphatic rings. The Morgan fingerprint density at radius 1 is 1.75 bits per heavy atom. The largest absolute Gasteiger partial charge is 0.394 e. The van der Waals surface area contributed by atoms with E-state index in [2.05, 4.69) is 15.0 Å². The third-order valence-corrected chi connectivity index (χ3v) is 3.45. The standard InChI is InChI=1S/C11H15N5O4/c1-19-11(3-2-6(4-17)20-11)16-5-13-7-8(16)14-10(12)15-9(7)18/h5-6,17H,2-4H2,1H3,(H3,12,14,15,18)/t6-,11+/m0/s1. The number of rotatable bonds is 3. The van der Waals surface area contributed by atoms with Crippen molar-refractivity contribution in [2.75, 3.05) is 19.5 Å². The number of ether oxygens (including phenoxy) is 2.